The van der Waals surface area contributed by atoms with Gasteiger partial charge in [0, 0.05) is 35.3 Å². The first kappa shape index (κ1) is 21.9. The summed E-state index contributed by atoms with van der Waals surface area (Å²) < 4.78 is 0. The molecular weight excluding hydrogens is 427 g/mol. The normalized spacial score (nSPS) is 41.4. The minimum Gasteiger partial charge on any atom is -0.388 e. The highest BCUT2D eigenvalue weighted by Gasteiger charge is 2.59. The average Bonchev–Trinajstić information content (AvgIpc) is 3.12. The summed E-state index contributed by atoms with van der Waals surface area (Å²) in [7, 11) is 0. The van der Waals surface area contributed by atoms with Gasteiger partial charge in [-0.1, -0.05) is 47.0 Å². The Kier molecular flexibility index (Phi) is 6.24. The Morgan fingerprint density at radius 2 is 1.94 bits per heavy atom. The Bertz CT molecular complexity index is 851. The van der Waals surface area contributed by atoms with Crippen molar-refractivity contribution < 1.29 is 5.11 Å². The van der Waals surface area contributed by atoms with Gasteiger partial charge in [0.1, 0.15) is 0 Å². The van der Waals surface area contributed by atoms with Crippen LogP contribution in [0.5, 0.6) is 0 Å². The largest absolute Gasteiger partial charge is 0.388 e. The molecule has 0 radical (unpaired) electrons. The molecule has 0 spiro atoms. The van der Waals surface area contributed by atoms with Crippen LogP contribution in [0.3, 0.4) is 0 Å². The minimum atomic E-state index is -0.417. The zero-order valence-electron chi connectivity index (χ0n) is 18.4. The van der Waals surface area contributed by atoms with Gasteiger partial charge < -0.3 is 10.4 Å². The third-order valence-electron chi connectivity index (χ3n) is 8.41. The van der Waals surface area contributed by atoms with E-state index in [1.54, 1.807) is 0 Å². The van der Waals surface area contributed by atoms with E-state index in [0.29, 0.717) is 17.9 Å². The molecule has 6 aliphatic rings. The first-order chi connectivity index (χ1) is 14.9. The third kappa shape index (κ3) is 4.49. The SMILES string of the molecule is CC1=CC(C23CC4CC(C2)C(C4)C3)C(O)C(C=NCCNCC2C=C(Cl)C=C(Cl)C2)=C1. The molecule has 0 aromatic carbocycles. The van der Waals surface area contributed by atoms with Crippen molar-refractivity contribution in [2.45, 2.75) is 51.6 Å². The van der Waals surface area contributed by atoms with E-state index in [0.717, 1.165) is 52.9 Å². The zero-order chi connectivity index (χ0) is 21.6. The summed E-state index contributed by atoms with van der Waals surface area (Å²) >= 11 is 12.2. The van der Waals surface area contributed by atoms with E-state index in [2.05, 4.69) is 35.5 Å². The molecule has 6 rings (SSSR count). The molecule has 168 valence electrons. The van der Waals surface area contributed by atoms with E-state index >= 15 is 0 Å². The van der Waals surface area contributed by atoms with Crippen LogP contribution in [0, 0.1) is 35.0 Å². The molecule has 0 aromatic heterocycles. The van der Waals surface area contributed by atoms with E-state index in [9.17, 15) is 5.11 Å². The number of rotatable bonds is 7. The highest BCUT2D eigenvalue weighted by atomic mass is 35.5. The zero-order valence-corrected chi connectivity index (χ0v) is 19.9. The average molecular weight is 461 g/mol. The van der Waals surface area contributed by atoms with Crippen molar-refractivity contribution >= 4 is 29.4 Å². The molecule has 4 fully saturated rings. The van der Waals surface area contributed by atoms with Gasteiger partial charge >= 0.3 is 0 Å². The second kappa shape index (κ2) is 8.82. The summed E-state index contributed by atoms with van der Waals surface area (Å²) in [5.74, 6) is 3.35. The monoisotopic (exact) mass is 460 g/mol. The molecule has 0 aromatic rings. The van der Waals surface area contributed by atoms with Gasteiger partial charge in [0.05, 0.1) is 12.6 Å². The van der Waals surface area contributed by atoms with Gasteiger partial charge in [-0.15, -0.1) is 0 Å². The van der Waals surface area contributed by atoms with Crippen LogP contribution in [-0.2, 0) is 0 Å². The molecule has 0 heterocycles. The smallest absolute Gasteiger partial charge is 0.0872 e. The van der Waals surface area contributed by atoms with Gasteiger partial charge in [0.2, 0.25) is 0 Å². The quantitative estimate of drug-likeness (QED) is 0.383. The number of nitrogens with one attached hydrogen (secondary N) is 1. The molecule has 6 aliphatic carbocycles. The number of aliphatic hydroxyl groups is 1. The van der Waals surface area contributed by atoms with E-state index in [-0.39, 0.29) is 5.92 Å². The van der Waals surface area contributed by atoms with Crippen LogP contribution >= 0.6 is 23.2 Å². The van der Waals surface area contributed by atoms with Crippen LogP contribution in [0.25, 0.3) is 0 Å². The van der Waals surface area contributed by atoms with Crippen LogP contribution in [-0.4, -0.2) is 37.1 Å². The fourth-order valence-electron chi connectivity index (χ4n) is 7.41. The Morgan fingerprint density at radius 1 is 1.16 bits per heavy atom. The van der Waals surface area contributed by atoms with Crippen molar-refractivity contribution in [2.24, 2.45) is 40.0 Å². The van der Waals surface area contributed by atoms with Crippen LogP contribution in [0.15, 0.2) is 50.5 Å². The van der Waals surface area contributed by atoms with E-state index in [1.165, 1.54) is 37.7 Å². The fraction of sp³-hybridized carbons (Fsp3) is 0.654. The lowest BCUT2D eigenvalue weighted by atomic mass is 9.59. The summed E-state index contributed by atoms with van der Waals surface area (Å²) in [4.78, 5) is 4.63. The summed E-state index contributed by atoms with van der Waals surface area (Å²) in [6.45, 7) is 4.51. The molecule has 5 atom stereocenters. The lowest BCUT2D eigenvalue weighted by molar-refractivity contribution is 0.0239. The van der Waals surface area contributed by atoms with Crippen LogP contribution in [0.1, 0.15) is 45.4 Å². The molecule has 5 unspecified atom stereocenters. The maximum absolute atomic E-state index is 11.3. The van der Waals surface area contributed by atoms with Crippen LogP contribution in [0.2, 0.25) is 0 Å². The Morgan fingerprint density at radius 3 is 2.65 bits per heavy atom. The van der Waals surface area contributed by atoms with E-state index < -0.39 is 6.10 Å². The minimum absolute atomic E-state index is 0.258. The fourth-order valence-corrected chi connectivity index (χ4v) is 8.09. The van der Waals surface area contributed by atoms with Gasteiger partial charge in [-0.05, 0) is 86.2 Å². The highest BCUT2D eigenvalue weighted by molar-refractivity contribution is 6.34. The van der Waals surface area contributed by atoms with Crippen molar-refractivity contribution in [2.75, 3.05) is 19.6 Å². The van der Waals surface area contributed by atoms with Crippen molar-refractivity contribution in [1.29, 1.82) is 0 Å². The molecule has 31 heavy (non-hydrogen) atoms. The van der Waals surface area contributed by atoms with Crippen molar-refractivity contribution in [3.63, 3.8) is 0 Å². The molecule has 5 heteroatoms. The lowest BCUT2D eigenvalue weighted by Gasteiger charge is -2.46. The van der Waals surface area contributed by atoms with Gasteiger partial charge in [0.15, 0.2) is 0 Å². The molecule has 3 nitrogen and oxygen atoms in total. The molecule has 2 N–H and O–H groups in total. The summed E-state index contributed by atoms with van der Waals surface area (Å²) in [6.07, 6.45) is 17.6. The van der Waals surface area contributed by atoms with Crippen LogP contribution in [0.4, 0.5) is 0 Å². The Labute approximate surface area is 196 Å². The molecule has 4 bridgehead atoms. The molecule has 0 amide bonds. The number of allylic oxidation sites excluding steroid dienone is 5. The molecule has 4 saturated carbocycles. The van der Waals surface area contributed by atoms with Crippen molar-refractivity contribution in [3.05, 3.63) is 45.5 Å². The molecule has 0 saturated heterocycles. The van der Waals surface area contributed by atoms with Crippen molar-refractivity contribution in [1.82, 2.24) is 5.32 Å². The van der Waals surface area contributed by atoms with Gasteiger partial charge in [-0.3, -0.25) is 4.99 Å². The third-order valence-corrected chi connectivity index (χ3v) is 8.91. The van der Waals surface area contributed by atoms with E-state index in [4.69, 9.17) is 23.2 Å². The van der Waals surface area contributed by atoms with E-state index in [1.807, 2.05) is 12.3 Å². The summed E-state index contributed by atoms with van der Waals surface area (Å²) in [5.41, 5.74) is 2.59. The van der Waals surface area contributed by atoms with Gasteiger partial charge in [-0.2, -0.15) is 0 Å². The topological polar surface area (TPSA) is 44.6 Å². The first-order valence-electron chi connectivity index (χ1n) is 11.9. The number of halogens is 2. The maximum Gasteiger partial charge on any atom is 0.0872 e. The predicted octanol–water partition coefficient (Wildman–Crippen LogP) is 5.60. The second-order valence-corrected chi connectivity index (χ2v) is 11.6. The van der Waals surface area contributed by atoms with Gasteiger partial charge in [0.25, 0.3) is 0 Å². The number of aliphatic hydroxyl groups excluding tert-OH is 1. The van der Waals surface area contributed by atoms with Gasteiger partial charge in [-0.25, -0.2) is 0 Å². The van der Waals surface area contributed by atoms with Crippen molar-refractivity contribution in [3.8, 4) is 0 Å². The second-order valence-electron chi connectivity index (χ2n) is 10.7. The highest BCUT2D eigenvalue weighted by Crippen LogP contribution is 2.67. The Hall–Kier alpha value is -0.870. The standard InChI is InChI=1S/C26H34Cl2N2O/c1-16-4-21(15-30-3-2-29-14-18-8-22(27)10-23(28)9-18)25(31)24(5-16)26-11-17-6-19(12-26)20(7-17)13-26/h4-5,8,10,15,17-20,24-25,29,31H,2-3,6-7,9,11-14H2,1H3. The number of aliphatic imine (C=N–C) groups is 1. The number of hydrogen-bond donors (Lipinski definition) is 2. The summed E-state index contributed by atoms with van der Waals surface area (Å²) in [6, 6.07) is 0. The lowest BCUT2D eigenvalue weighted by Crippen LogP contribution is -2.42. The maximum atomic E-state index is 11.3. The molecular formula is C26H34Cl2N2O. The predicted molar refractivity (Wildman–Crippen MR) is 130 cm³/mol. The summed E-state index contributed by atoms with van der Waals surface area (Å²) in [5, 5.41) is 16.3. The number of nitrogens with zero attached hydrogens (tertiary/aromatic N) is 1. The Balaban J connectivity index is 1.14. The molecule has 0 aliphatic heterocycles. The van der Waals surface area contributed by atoms with Crippen LogP contribution < -0.4 is 5.32 Å². The number of hydrogen-bond acceptors (Lipinski definition) is 3. The first-order valence-corrected chi connectivity index (χ1v) is 12.7.